The monoisotopic (exact) mass is 352 g/mol. The van der Waals surface area contributed by atoms with Crippen LogP contribution < -0.4 is 0 Å². The van der Waals surface area contributed by atoms with E-state index in [4.69, 9.17) is 14.9 Å². The van der Waals surface area contributed by atoms with Gasteiger partial charge in [0.15, 0.2) is 17.5 Å². The Balaban J connectivity index is 2.10. The predicted molar refractivity (Wildman–Crippen MR) is 99.1 cm³/mol. The first-order chi connectivity index (χ1) is 12.8. The van der Waals surface area contributed by atoms with Crippen LogP contribution in [-0.2, 0) is 4.74 Å². The highest BCUT2D eigenvalue weighted by molar-refractivity contribution is 5.76. The number of aromatic nitrogens is 3. The summed E-state index contributed by atoms with van der Waals surface area (Å²) in [5, 5.41) is 18.1. The van der Waals surface area contributed by atoms with Crippen LogP contribution in [0.2, 0.25) is 0 Å². The third-order valence-electron chi connectivity index (χ3n) is 3.80. The first kappa shape index (κ1) is 17.6. The molecule has 0 spiro atoms. The molecule has 0 amide bonds. The molecule has 1 fully saturated rings. The highest BCUT2D eigenvalue weighted by Crippen LogP contribution is 2.22. The van der Waals surface area contributed by atoms with Gasteiger partial charge in [0.1, 0.15) is 0 Å². The van der Waals surface area contributed by atoms with Crippen LogP contribution in [0.1, 0.15) is 23.0 Å². The Morgan fingerprint density at radius 2 is 1.54 bits per heavy atom. The van der Waals surface area contributed by atoms with Crippen LogP contribution in [0.15, 0.2) is 49.1 Å². The molecular weight excluding hydrogens is 332 g/mol. The molecule has 1 saturated heterocycles. The minimum atomic E-state index is 0.300. The Morgan fingerprint density at radius 1 is 0.923 bits per heavy atom. The van der Waals surface area contributed by atoms with Gasteiger partial charge in [0, 0.05) is 37.0 Å². The van der Waals surface area contributed by atoms with Gasteiger partial charge >= 0.3 is 0 Å². The zero-order chi connectivity index (χ0) is 18.2. The van der Waals surface area contributed by atoms with E-state index in [0.29, 0.717) is 30.7 Å². The molecule has 1 aliphatic rings. The molecule has 1 aromatic heterocycles. The number of ether oxygens (including phenoxy) is 1. The van der Waals surface area contributed by atoms with Gasteiger partial charge in [-0.3, -0.25) is 0 Å². The van der Waals surface area contributed by atoms with E-state index in [2.05, 4.69) is 19.9 Å². The Morgan fingerprint density at radius 3 is 2.12 bits per heavy atom. The molecule has 2 aromatic rings. The number of rotatable bonds is 5. The number of nitrogens with zero attached hydrogens (tertiary/aromatic N) is 4. The molecule has 2 N–H and O–H groups in total. The van der Waals surface area contributed by atoms with Crippen LogP contribution in [-0.4, -0.2) is 56.4 Å². The van der Waals surface area contributed by atoms with Gasteiger partial charge in [-0.15, -0.1) is 0 Å². The third-order valence-corrected chi connectivity index (χ3v) is 3.80. The van der Waals surface area contributed by atoms with Crippen molar-refractivity contribution in [3.63, 3.8) is 0 Å². The highest BCUT2D eigenvalue weighted by Gasteiger charge is 2.15. The van der Waals surface area contributed by atoms with Crippen molar-refractivity contribution in [1.29, 1.82) is 0 Å². The van der Waals surface area contributed by atoms with Gasteiger partial charge in [-0.05, 0) is 5.56 Å². The van der Waals surface area contributed by atoms with Crippen molar-refractivity contribution in [2.75, 3.05) is 26.3 Å². The van der Waals surface area contributed by atoms with Gasteiger partial charge < -0.3 is 19.8 Å². The number of hydrogen-bond acceptors (Lipinski definition) is 7. The van der Waals surface area contributed by atoms with Crippen molar-refractivity contribution in [1.82, 2.24) is 19.9 Å². The van der Waals surface area contributed by atoms with Crippen molar-refractivity contribution < 1.29 is 14.9 Å². The summed E-state index contributed by atoms with van der Waals surface area (Å²) < 4.78 is 5.41. The molecule has 0 bridgehead atoms. The molecule has 7 nitrogen and oxygen atoms in total. The summed E-state index contributed by atoms with van der Waals surface area (Å²) in [7, 11) is 0. The lowest BCUT2D eigenvalue weighted by molar-refractivity contribution is 0.0596. The minimum absolute atomic E-state index is 0.300. The van der Waals surface area contributed by atoms with Crippen LogP contribution in [0.5, 0.6) is 0 Å². The molecule has 2 heterocycles. The van der Waals surface area contributed by atoms with Crippen molar-refractivity contribution in [3.8, 4) is 0 Å². The number of morpholine rings is 1. The van der Waals surface area contributed by atoms with E-state index in [1.54, 1.807) is 0 Å². The summed E-state index contributed by atoms with van der Waals surface area (Å²) in [5.41, 5.74) is 1.79. The van der Waals surface area contributed by atoms with Crippen LogP contribution in [0.25, 0.3) is 17.7 Å². The second kappa shape index (κ2) is 8.77. The third kappa shape index (κ3) is 4.46. The van der Waals surface area contributed by atoms with Crippen molar-refractivity contribution in [2.24, 2.45) is 0 Å². The van der Waals surface area contributed by atoms with Crippen LogP contribution in [0.4, 0.5) is 0 Å². The van der Waals surface area contributed by atoms with Gasteiger partial charge in [-0.2, -0.15) is 0 Å². The first-order valence-electron chi connectivity index (χ1n) is 8.27. The number of benzene rings is 1. The average Bonchev–Trinajstić information content (AvgIpc) is 2.68. The molecule has 3 rings (SSSR count). The maximum absolute atomic E-state index is 9.06. The second-order valence-electron chi connectivity index (χ2n) is 5.56. The Labute approximate surface area is 151 Å². The lowest BCUT2D eigenvalue weighted by Gasteiger charge is -2.26. The average molecular weight is 352 g/mol. The van der Waals surface area contributed by atoms with Crippen LogP contribution in [0.3, 0.4) is 0 Å². The lowest BCUT2D eigenvalue weighted by atomic mass is 10.1. The Hall–Kier alpha value is -3.19. The molecule has 7 heteroatoms. The predicted octanol–water partition coefficient (Wildman–Crippen LogP) is 2.65. The van der Waals surface area contributed by atoms with E-state index in [1.165, 1.54) is 12.2 Å². The minimum Gasteiger partial charge on any atom is -0.515 e. The largest absolute Gasteiger partial charge is 0.515 e. The summed E-state index contributed by atoms with van der Waals surface area (Å²) in [6.45, 7) is 2.92. The van der Waals surface area contributed by atoms with Gasteiger partial charge in [0.25, 0.3) is 0 Å². The Kier molecular flexibility index (Phi) is 5.95. The van der Waals surface area contributed by atoms with Gasteiger partial charge in [0.05, 0.1) is 25.7 Å². The fourth-order valence-electron chi connectivity index (χ4n) is 2.58. The summed E-state index contributed by atoms with van der Waals surface area (Å²) in [5.74, 6) is 1.06. The topological polar surface area (TPSA) is 91.6 Å². The summed E-state index contributed by atoms with van der Waals surface area (Å²) >= 11 is 0. The van der Waals surface area contributed by atoms with E-state index >= 15 is 0 Å². The molecule has 0 saturated carbocycles. The highest BCUT2D eigenvalue weighted by atomic mass is 16.5. The molecule has 1 aliphatic heterocycles. The fourth-order valence-corrected chi connectivity index (χ4v) is 2.58. The molecule has 1 aromatic carbocycles. The molecule has 134 valence electrons. The van der Waals surface area contributed by atoms with Gasteiger partial charge in [-0.1, -0.05) is 30.3 Å². The fraction of sp³-hybridized carbons (Fsp3) is 0.211. The smallest absolute Gasteiger partial charge is 0.166 e. The molecular formula is C19H20N4O3. The van der Waals surface area contributed by atoms with Crippen LogP contribution >= 0.6 is 0 Å². The summed E-state index contributed by atoms with van der Waals surface area (Å²) in [4.78, 5) is 15.2. The molecule has 0 unspecified atom stereocenters. The van der Waals surface area contributed by atoms with Gasteiger partial charge in [-0.25, -0.2) is 15.0 Å². The standard InChI is InChI=1S/C19H20N4O3/c24-10-6-17-20-18(7-11-25)22-19(21-17)16(15-4-2-1-3-5-15)14-23-8-12-26-13-9-23/h1-7,10-11,14,24-25H,8-9,12-13H2/b10-6+,11-7+,16-14+. The number of aliphatic hydroxyl groups excluding tert-OH is 2. The first-order valence-corrected chi connectivity index (χ1v) is 8.27. The maximum Gasteiger partial charge on any atom is 0.166 e. The maximum atomic E-state index is 9.06. The van der Waals surface area contributed by atoms with E-state index in [9.17, 15) is 0 Å². The summed E-state index contributed by atoms with van der Waals surface area (Å²) in [6, 6.07) is 9.82. The molecule has 26 heavy (non-hydrogen) atoms. The molecule has 0 aliphatic carbocycles. The quantitative estimate of drug-likeness (QED) is 0.799. The van der Waals surface area contributed by atoms with Crippen molar-refractivity contribution >= 4 is 17.7 Å². The van der Waals surface area contributed by atoms with Crippen molar-refractivity contribution in [3.05, 3.63) is 72.1 Å². The second-order valence-corrected chi connectivity index (χ2v) is 5.56. The van der Waals surface area contributed by atoms with E-state index in [1.807, 2.05) is 36.5 Å². The van der Waals surface area contributed by atoms with Gasteiger partial charge in [0.2, 0.25) is 0 Å². The molecule has 0 atom stereocenters. The zero-order valence-corrected chi connectivity index (χ0v) is 14.2. The zero-order valence-electron chi connectivity index (χ0n) is 14.2. The number of aliphatic hydroxyl groups is 2. The normalized spacial score (nSPS) is 15.8. The number of hydrogen-bond donors (Lipinski definition) is 2. The van der Waals surface area contributed by atoms with Crippen molar-refractivity contribution in [2.45, 2.75) is 0 Å². The lowest BCUT2D eigenvalue weighted by Crippen LogP contribution is -2.32. The Bertz CT molecular complexity index is 783. The van der Waals surface area contributed by atoms with Crippen LogP contribution in [0, 0.1) is 0 Å². The van der Waals surface area contributed by atoms with E-state index < -0.39 is 0 Å². The summed E-state index contributed by atoms with van der Waals surface area (Å²) in [6.07, 6.45) is 6.51. The molecule has 0 radical (unpaired) electrons. The van der Waals surface area contributed by atoms with E-state index in [-0.39, 0.29) is 0 Å². The SMILES string of the molecule is O/C=C/c1nc(/C=C/O)nc(/C(=C/N2CCOCC2)c2ccccc2)n1. The van der Waals surface area contributed by atoms with E-state index in [0.717, 1.165) is 36.8 Å².